The summed E-state index contributed by atoms with van der Waals surface area (Å²) in [6.45, 7) is 2.97. The standard InChI is InChI=1S/C19H20Cl2FN3O3S/c1-13(19(26)23-17-7-6-14(22)12-16(17)21)24-8-10-25(11-9-24)29(27,28)18-5-3-2-4-15(18)20/h2-7,12-13H,8-11H2,1H3,(H,23,26). The summed E-state index contributed by atoms with van der Waals surface area (Å²) in [5.74, 6) is -0.794. The van der Waals surface area contributed by atoms with Crippen LogP contribution in [0.15, 0.2) is 47.4 Å². The van der Waals surface area contributed by atoms with Crippen LogP contribution in [-0.4, -0.2) is 55.8 Å². The predicted octanol–water partition coefficient (Wildman–Crippen LogP) is 3.47. The lowest BCUT2D eigenvalue weighted by Crippen LogP contribution is -2.53. The zero-order chi connectivity index (χ0) is 21.2. The highest BCUT2D eigenvalue weighted by Crippen LogP contribution is 2.26. The summed E-state index contributed by atoms with van der Waals surface area (Å²) in [6.07, 6.45) is 0. The fourth-order valence-electron chi connectivity index (χ4n) is 3.12. The van der Waals surface area contributed by atoms with E-state index in [1.54, 1.807) is 19.1 Å². The van der Waals surface area contributed by atoms with Crippen LogP contribution >= 0.6 is 23.2 Å². The number of hydrogen-bond acceptors (Lipinski definition) is 4. The van der Waals surface area contributed by atoms with Crippen molar-refractivity contribution in [2.75, 3.05) is 31.5 Å². The number of benzene rings is 2. The molecule has 1 aliphatic rings. The third-order valence-electron chi connectivity index (χ3n) is 4.84. The van der Waals surface area contributed by atoms with Gasteiger partial charge in [-0.1, -0.05) is 35.3 Å². The zero-order valence-electron chi connectivity index (χ0n) is 15.6. The number of carbonyl (C=O) groups excluding carboxylic acids is 1. The maximum atomic E-state index is 13.1. The van der Waals surface area contributed by atoms with Gasteiger partial charge in [0, 0.05) is 26.2 Å². The molecule has 156 valence electrons. The Morgan fingerprint density at radius 3 is 2.34 bits per heavy atom. The zero-order valence-corrected chi connectivity index (χ0v) is 17.9. The van der Waals surface area contributed by atoms with Crippen molar-refractivity contribution in [3.63, 3.8) is 0 Å². The van der Waals surface area contributed by atoms with Gasteiger partial charge in [-0.2, -0.15) is 4.31 Å². The molecule has 3 rings (SSSR count). The minimum Gasteiger partial charge on any atom is -0.323 e. The summed E-state index contributed by atoms with van der Waals surface area (Å²) in [7, 11) is -3.70. The SMILES string of the molecule is CC(C(=O)Nc1ccc(F)cc1Cl)N1CCN(S(=O)(=O)c2ccccc2Cl)CC1. The molecule has 1 amide bonds. The van der Waals surface area contributed by atoms with Crippen LogP contribution in [0.2, 0.25) is 10.0 Å². The molecule has 1 atom stereocenters. The summed E-state index contributed by atoms with van der Waals surface area (Å²) >= 11 is 12.0. The summed E-state index contributed by atoms with van der Waals surface area (Å²) in [4.78, 5) is 14.5. The summed E-state index contributed by atoms with van der Waals surface area (Å²) in [6, 6.07) is 9.54. The first-order chi connectivity index (χ1) is 13.7. The van der Waals surface area contributed by atoms with Crippen molar-refractivity contribution < 1.29 is 17.6 Å². The van der Waals surface area contributed by atoms with Gasteiger partial charge in [0.25, 0.3) is 0 Å². The van der Waals surface area contributed by atoms with Crippen molar-refractivity contribution in [3.8, 4) is 0 Å². The molecule has 29 heavy (non-hydrogen) atoms. The Kier molecular flexibility index (Phi) is 6.80. The second-order valence-electron chi connectivity index (χ2n) is 6.66. The molecule has 2 aromatic carbocycles. The van der Waals surface area contributed by atoms with Gasteiger partial charge in [-0.25, -0.2) is 12.8 Å². The van der Waals surface area contributed by atoms with Crippen molar-refractivity contribution in [3.05, 3.63) is 58.3 Å². The van der Waals surface area contributed by atoms with Crippen LogP contribution in [0.4, 0.5) is 10.1 Å². The van der Waals surface area contributed by atoms with E-state index in [0.717, 1.165) is 6.07 Å². The summed E-state index contributed by atoms with van der Waals surface area (Å²) in [5, 5.41) is 2.97. The summed E-state index contributed by atoms with van der Waals surface area (Å²) < 4.78 is 40.2. The van der Waals surface area contributed by atoms with E-state index >= 15 is 0 Å². The third kappa shape index (κ3) is 4.90. The van der Waals surface area contributed by atoms with Gasteiger partial charge in [-0.05, 0) is 37.3 Å². The molecule has 1 aliphatic heterocycles. The van der Waals surface area contributed by atoms with E-state index in [9.17, 15) is 17.6 Å². The molecule has 6 nitrogen and oxygen atoms in total. The van der Waals surface area contributed by atoms with Gasteiger partial charge in [0.1, 0.15) is 10.7 Å². The average Bonchev–Trinajstić information content (AvgIpc) is 2.69. The quantitative estimate of drug-likeness (QED) is 0.742. The minimum absolute atomic E-state index is 0.0758. The second kappa shape index (κ2) is 8.97. The molecule has 0 aliphatic carbocycles. The number of amides is 1. The number of sulfonamides is 1. The highest BCUT2D eigenvalue weighted by Gasteiger charge is 2.32. The van der Waals surface area contributed by atoms with Crippen molar-refractivity contribution in [1.82, 2.24) is 9.21 Å². The van der Waals surface area contributed by atoms with Crippen molar-refractivity contribution in [2.24, 2.45) is 0 Å². The van der Waals surface area contributed by atoms with Crippen molar-refractivity contribution in [1.29, 1.82) is 0 Å². The number of carbonyl (C=O) groups is 1. The third-order valence-corrected chi connectivity index (χ3v) is 7.56. The highest BCUT2D eigenvalue weighted by atomic mass is 35.5. The Morgan fingerprint density at radius 1 is 1.07 bits per heavy atom. The van der Waals surface area contributed by atoms with Gasteiger partial charge in [0.2, 0.25) is 15.9 Å². The predicted molar refractivity (Wildman–Crippen MR) is 111 cm³/mol. The Morgan fingerprint density at radius 2 is 1.72 bits per heavy atom. The van der Waals surface area contributed by atoms with Crippen LogP contribution in [0, 0.1) is 5.82 Å². The molecule has 2 aromatic rings. The van der Waals surface area contributed by atoms with Crippen molar-refractivity contribution >= 4 is 44.8 Å². The van der Waals surface area contributed by atoms with Gasteiger partial charge in [-0.15, -0.1) is 0 Å². The van der Waals surface area contributed by atoms with E-state index in [1.165, 1.54) is 28.6 Å². The van der Waals surface area contributed by atoms with E-state index in [-0.39, 0.29) is 33.9 Å². The molecule has 0 saturated carbocycles. The Balaban J connectivity index is 1.62. The molecule has 1 unspecified atom stereocenters. The van der Waals surface area contributed by atoms with E-state index in [1.807, 2.05) is 4.90 Å². The van der Waals surface area contributed by atoms with E-state index < -0.39 is 21.9 Å². The minimum atomic E-state index is -3.70. The van der Waals surface area contributed by atoms with Crippen LogP contribution in [0.3, 0.4) is 0 Å². The molecular weight excluding hydrogens is 440 g/mol. The Bertz CT molecular complexity index is 1010. The molecule has 0 radical (unpaired) electrons. The number of nitrogens with one attached hydrogen (secondary N) is 1. The van der Waals surface area contributed by atoms with E-state index in [0.29, 0.717) is 18.8 Å². The van der Waals surface area contributed by atoms with Gasteiger partial charge in [-0.3, -0.25) is 9.69 Å². The van der Waals surface area contributed by atoms with Crippen LogP contribution in [0.1, 0.15) is 6.92 Å². The average molecular weight is 460 g/mol. The second-order valence-corrected chi connectivity index (χ2v) is 9.38. The number of anilines is 1. The van der Waals surface area contributed by atoms with Crippen LogP contribution in [0.5, 0.6) is 0 Å². The normalized spacial score (nSPS) is 17.1. The lowest BCUT2D eigenvalue weighted by molar-refractivity contribution is -0.121. The lowest BCUT2D eigenvalue weighted by Gasteiger charge is -2.36. The first kappa shape index (κ1) is 22.0. The molecule has 1 heterocycles. The smallest absolute Gasteiger partial charge is 0.244 e. The topological polar surface area (TPSA) is 69.7 Å². The fourth-order valence-corrected chi connectivity index (χ4v) is 5.25. The molecule has 10 heteroatoms. The first-order valence-corrected chi connectivity index (χ1v) is 11.1. The van der Waals surface area contributed by atoms with Crippen LogP contribution in [0.25, 0.3) is 0 Å². The summed E-state index contributed by atoms with van der Waals surface area (Å²) in [5.41, 5.74) is 0.324. The Labute approximate surface area is 179 Å². The molecule has 0 aromatic heterocycles. The van der Waals surface area contributed by atoms with Gasteiger partial charge >= 0.3 is 0 Å². The first-order valence-electron chi connectivity index (χ1n) is 8.95. The maximum Gasteiger partial charge on any atom is 0.244 e. The lowest BCUT2D eigenvalue weighted by atomic mass is 10.2. The monoisotopic (exact) mass is 459 g/mol. The fraction of sp³-hybridized carbons (Fsp3) is 0.316. The van der Waals surface area contributed by atoms with Crippen LogP contribution in [-0.2, 0) is 14.8 Å². The molecule has 1 fully saturated rings. The molecule has 0 bridgehead atoms. The molecule has 1 N–H and O–H groups in total. The van der Waals surface area contributed by atoms with Crippen molar-refractivity contribution in [2.45, 2.75) is 17.9 Å². The number of hydrogen-bond donors (Lipinski definition) is 1. The van der Waals surface area contributed by atoms with E-state index in [4.69, 9.17) is 23.2 Å². The Hall–Kier alpha value is -1.71. The number of piperazine rings is 1. The highest BCUT2D eigenvalue weighted by molar-refractivity contribution is 7.89. The van der Waals surface area contributed by atoms with E-state index in [2.05, 4.69) is 5.32 Å². The maximum absolute atomic E-state index is 13.1. The number of nitrogens with zero attached hydrogens (tertiary/aromatic N) is 2. The number of halogens is 3. The van der Waals surface area contributed by atoms with Gasteiger partial charge in [0.05, 0.1) is 21.8 Å². The number of rotatable bonds is 5. The molecule has 0 spiro atoms. The van der Waals surface area contributed by atoms with Gasteiger partial charge in [0.15, 0.2) is 0 Å². The van der Waals surface area contributed by atoms with Gasteiger partial charge < -0.3 is 5.32 Å². The van der Waals surface area contributed by atoms with Crippen LogP contribution < -0.4 is 5.32 Å². The molecular formula is C19H20Cl2FN3O3S. The largest absolute Gasteiger partial charge is 0.323 e. The molecule has 1 saturated heterocycles.